The first kappa shape index (κ1) is 27.8. The number of unbranched alkanes of at least 4 members (excludes halogenated alkanes) is 5. The van der Waals surface area contributed by atoms with Crippen molar-refractivity contribution in [3.05, 3.63) is 23.8 Å². The second-order valence-electron chi connectivity index (χ2n) is 7.70. The van der Waals surface area contributed by atoms with Gasteiger partial charge in [0, 0.05) is 34.9 Å². The zero-order valence-corrected chi connectivity index (χ0v) is 21.6. The largest absolute Gasteiger partial charge is 0.454 e. The van der Waals surface area contributed by atoms with E-state index < -0.39 is 10.8 Å². The fourth-order valence-corrected chi connectivity index (χ4v) is 5.12. The molecule has 5 nitrogen and oxygen atoms in total. The molecule has 0 N–H and O–H groups in total. The highest BCUT2D eigenvalue weighted by Crippen LogP contribution is 2.33. The van der Waals surface area contributed by atoms with Crippen molar-refractivity contribution in [1.82, 2.24) is 4.90 Å². The summed E-state index contributed by atoms with van der Waals surface area (Å²) in [7, 11) is -0.743. The SMILES string of the molecule is CCCCCCCCS(=O)C(C)Cc1ccc2c(c1)OCO2.CCN(CC)C(=O)SC. The highest BCUT2D eigenvalue weighted by Gasteiger charge is 2.16. The molecular weight excluding hydrogens is 430 g/mol. The number of ether oxygens (including phenoxy) is 2. The van der Waals surface area contributed by atoms with E-state index in [1.54, 1.807) is 11.2 Å². The minimum absolute atomic E-state index is 0.167. The average Bonchev–Trinajstić information content (AvgIpc) is 3.25. The Bertz CT molecular complexity index is 665. The van der Waals surface area contributed by atoms with Gasteiger partial charge in [0.2, 0.25) is 6.79 Å². The second kappa shape index (κ2) is 16.4. The van der Waals surface area contributed by atoms with Crippen molar-refractivity contribution < 1.29 is 18.5 Å². The Kier molecular flexibility index (Phi) is 14.7. The van der Waals surface area contributed by atoms with Gasteiger partial charge in [-0.1, -0.05) is 63.8 Å². The molecule has 2 unspecified atom stereocenters. The van der Waals surface area contributed by atoms with Crippen LogP contribution in [0.4, 0.5) is 4.79 Å². The van der Waals surface area contributed by atoms with Gasteiger partial charge in [-0.05, 0) is 50.6 Å². The number of fused-ring (bicyclic) bond motifs is 1. The highest BCUT2D eigenvalue weighted by molar-refractivity contribution is 8.12. The van der Waals surface area contributed by atoms with E-state index in [-0.39, 0.29) is 10.5 Å². The van der Waals surface area contributed by atoms with E-state index in [0.29, 0.717) is 6.79 Å². The third kappa shape index (κ3) is 10.8. The molecule has 2 rings (SSSR count). The number of benzene rings is 1. The lowest BCUT2D eigenvalue weighted by Crippen LogP contribution is -2.26. The number of hydrogen-bond donors (Lipinski definition) is 0. The Morgan fingerprint density at radius 1 is 1.06 bits per heavy atom. The van der Waals surface area contributed by atoms with E-state index >= 15 is 0 Å². The average molecular weight is 472 g/mol. The lowest BCUT2D eigenvalue weighted by molar-refractivity contribution is 0.174. The van der Waals surface area contributed by atoms with E-state index in [2.05, 4.69) is 13.8 Å². The van der Waals surface area contributed by atoms with Crippen LogP contribution in [0.3, 0.4) is 0 Å². The highest BCUT2D eigenvalue weighted by atomic mass is 32.2. The number of carbonyl (C=O) groups excluding carboxylic acids is 1. The van der Waals surface area contributed by atoms with Crippen molar-refractivity contribution in [2.24, 2.45) is 0 Å². The molecule has 0 spiro atoms. The zero-order valence-electron chi connectivity index (χ0n) is 20.0. The maximum atomic E-state index is 12.3. The summed E-state index contributed by atoms with van der Waals surface area (Å²) in [5.41, 5.74) is 1.17. The summed E-state index contributed by atoms with van der Waals surface area (Å²) >= 11 is 1.27. The summed E-state index contributed by atoms with van der Waals surface area (Å²) in [5, 5.41) is 0.357. The van der Waals surface area contributed by atoms with Crippen LogP contribution in [0.15, 0.2) is 18.2 Å². The quantitative estimate of drug-likeness (QED) is 0.336. The Morgan fingerprint density at radius 3 is 2.32 bits per heavy atom. The number of thioether (sulfide) groups is 1. The van der Waals surface area contributed by atoms with Gasteiger partial charge in [-0.3, -0.25) is 9.00 Å². The van der Waals surface area contributed by atoms with Crippen LogP contribution in [0.5, 0.6) is 11.5 Å². The fourth-order valence-electron chi connectivity index (χ4n) is 3.33. The summed E-state index contributed by atoms with van der Waals surface area (Å²) in [4.78, 5) is 12.7. The maximum Gasteiger partial charge on any atom is 0.281 e. The number of amides is 1. The Balaban J connectivity index is 0.000000452. The number of carbonyl (C=O) groups is 1. The predicted molar refractivity (Wildman–Crippen MR) is 134 cm³/mol. The summed E-state index contributed by atoms with van der Waals surface area (Å²) in [6.07, 6.45) is 10.1. The number of hydrogen-bond acceptors (Lipinski definition) is 5. The van der Waals surface area contributed by atoms with E-state index in [1.165, 1.54) is 49.4 Å². The summed E-state index contributed by atoms with van der Waals surface area (Å²) in [6, 6.07) is 6.01. The molecule has 178 valence electrons. The molecule has 0 saturated heterocycles. The molecule has 0 aliphatic carbocycles. The zero-order chi connectivity index (χ0) is 23.1. The van der Waals surface area contributed by atoms with Crippen molar-refractivity contribution in [2.45, 2.75) is 77.9 Å². The predicted octanol–water partition coefficient (Wildman–Crippen LogP) is 6.27. The Labute approximate surface area is 196 Å². The third-order valence-electron chi connectivity index (χ3n) is 5.30. The number of rotatable bonds is 12. The first-order chi connectivity index (χ1) is 15.0. The van der Waals surface area contributed by atoms with Gasteiger partial charge in [0.25, 0.3) is 5.24 Å². The smallest absolute Gasteiger partial charge is 0.281 e. The molecular formula is C24H41NO4S2. The molecule has 0 aromatic heterocycles. The van der Waals surface area contributed by atoms with Crippen LogP contribution in [0.1, 0.15) is 71.8 Å². The van der Waals surface area contributed by atoms with Gasteiger partial charge in [-0.15, -0.1) is 0 Å². The van der Waals surface area contributed by atoms with Gasteiger partial charge < -0.3 is 14.4 Å². The Hall–Kier alpha value is -1.21. The molecule has 1 aromatic carbocycles. The molecule has 1 heterocycles. The van der Waals surface area contributed by atoms with Gasteiger partial charge in [0.05, 0.1) is 0 Å². The molecule has 0 saturated carbocycles. The van der Waals surface area contributed by atoms with Gasteiger partial charge in [0.15, 0.2) is 11.5 Å². The molecule has 0 fully saturated rings. The van der Waals surface area contributed by atoms with Crippen molar-refractivity contribution in [1.29, 1.82) is 0 Å². The summed E-state index contributed by atoms with van der Waals surface area (Å²) < 4.78 is 23.0. The summed E-state index contributed by atoms with van der Waals surface area (Å²) in [5.74, 6) is 2.45. The topological polar surface area (TPSA) is 55.8 Å². The van der Waals surface area contributed by atoms with Crippen molar-refractivity contribution >= 4 is 27.8 Å². The first-order valence-corrected chi connectivity index (χ1v) is 14.2. The molecule has 0 bridgehead atoms. The normalized spacial score (nSPS) is 13.8. The van der Waals surface area contributed by atoms with Crippen LogP contribution in [0.2, 0.25) is 0 Å². The minimum atomic E-state index is -0.743. The van der Waals surface area contributed by atoms with Gasteiger partial charge in [0.1, 0.15) is 0 Å². The summed E-state index contributed by atoms with van der Waals surface area (Å²) in [6.45, 7) is 10.2. The lowest BCUT2D eigenvalue weighted by Gasteiger charge is -2.15. The van der Waals surface area contributed by atoms with Crippen LogP contribution >= 0.6 is 11.8 Å². The fraction of sp³-hybridized carbons (Fsp3) is 0.708. The minimum Gasteiger partial charge on any atom is -0.454 e. The molecule has 7 heteroatoms. The number of nitrogens with zero attached hydrogens (tertiary/aromatic N) is 1. The van der Waals surface area contributed by atoms with E-state index in [4.69, 9.17) is 9.47 Å². The molecule has 1 aliphatic rings. The van der Waals surface area contributed by atoms with Crippen molar-refractivity contribution in [2.75, 3.05) is 31.9 Å². The van der Waals surface area contributed by atoms with Crippen LogP contribution < -0.4 is 9.47 Å². The standard InChI is InChI=1S/C18H28O3S.C6H13NOS/c1-3-4-5-6-7-8-11-22(19)15(2)12-16-9-10-17-18(13-16)21-14-20-17;1-4-7(5-2)6(8)9-3/h9-10,13,15H,3-8,11-12,14H2,1-2H3;4-5H2,1-3H3. The third-order valence-corrected chi connectivity index (χ3v) is 7.67. The van der Waals surface area contributed by atoms with E-state index in [9.17, 15) is 9.00 Å². The molecule has 2 atom stereocenters. The monoisotopic (exact) mass is 471 g/mol. The van der Waals surface area contributed by atoms with E-state index in [1.807, 2.05) is 32.0 Å². The molecule has 1 amide bonds. The molecule has 31 heavy (non-hydrogen) atoms. The van der Waals surface area contributed by atoms with Crippen LogP contribution in [-0.4, -0.2) is 51.5 Å². The van der Waals surface area contributed by atoms with Crippen molar-refractivity contribution in [3.8, 4) is 11.5 Å². The second-order valence-corrected chi connectivity index (χ2v) is 10.4. The Morgan fingerprint density at radius 2 is 1.71 bits per heavy atom. The van der Waals surface area contributed by atoms with Crippen LogP contribution in [-0.2, 0) is 17.2 Å². The van der Waals surface area contributed by atoms with Crippen molar-refractivity contribution in [3.63, 3.8) is 0 Å². The first-order valence-electron chi connectivity index (χ1n) is 11.5. The molecule has 1 aromatic rings. The van der Waals surface area contributed by atoms with Gasteiger partial charge in [-0.2, -0.15) is 0 Å². The van der Waals surface area contributed by atoms with Gasteiger partial charge >= 0.3 is 0 Å². The van der Waals surface area contributed by atoms with Crippen LogP contribution in [0, 0.1) is 0 Å². The molecule has 0 radical (unpaired) electrons. The van der Waals surface area contributed by atoms with Crippen LogP contribution in [0.25, 0.3) is 0 Å². The molecule has 1 aliphatic heterocycles. The lowest BCUT2D eigenvalue weighted by atomic mass is 10.1. The maximum absolute atomic E-state index is 12.3. The van der Waals surface area contributed by atoms with E-state index in [0.717, 1.165) is 43.2 Å². The van der Waals surface area contributed by atoms with Gasteiger partial charge in [-0.25, -0.2) is 0 Å².